The standard InChI is InChI=1S/C21H24FNO5/c1-3-27-19(21(25)26)12-15-6-10-18(11-7-15)28-14(2)20(24)23-13-16-4-8-17(22)9-5-16/h4-11,14,19H,3,12-13H2,1-2H3,(H,23,24)(H,25,26)/t14-,19+/m1/s1. The number of carboxylic acids is 1. The summed E-state index contributed by atoms with van der Waals surface area (Å²) in [6.07, 6.45) is -1.37. The van der Waals surface area contributed by atoms with Crippen molar-refractivity contribution in [2.45, 2.75) is 39.0 Å². The summed E-state index contributed by atoms with van der Waals surface area (Å²) in [5.41, 5.74) is 1.58. The highest BCUT2D eigenvalue weighted by atomic mass is 19.1. The summed E-state index contributed by atoms with van der Waals surface area (Å²) in [7, 11) is 0. The highest BCUT2D eigenvalue weighted by Gasteiger charge is 2.18. The number of halogens is 1. The van der Waals surface area contributed by atoms with Crippen LogP contribution in [0.25, 0.3) is 0 Å². The minimum atomic E-state index is -1.01. The van der Waals surface area contributed by atoms with Gasteiger partial charge >= 0.3 is 5.97 Å². The fourth-order valence-corrected chi connectivity index (χ4v) is 2.53. The van der Waals surface area contributed by atoms with E-state index in [1.165, 1.54) is 12.1 Å². The van der Waals surface area contributed by atoms with E-state index in [-0.39, 0.29) is 24.7 Å². The highest BCUT2D eigenvalue weighted by Crippen LogP contribution is 2.16. The van der Waals surface area contributed by atoms with Gasteiger partial charge in [-0.05, 0) is 49.2 Å². The summed E-state index contributed by atoms with van der Waals surface area (Å²) in [6.45, 7) is 3.97. The lowest BCUT2D eigenvalue weighted by atomic mass is 10.1. The Bertz CT molecular complexity index is 776. The molecular weight excluding hydrogens is 365 g/mol. The van der Waals surface area contributed by atoms with Crippen LogP contribution in [0.3, 0.4) is 0 Å². The first-order valence-corrected chi connectivity index (χ1v) is 9.01. The Labute approximate surface area is 163 Å². The number of aliphatic carboxylic acids is 1. The topological polar surface area (TPSA) is 84.9 Å². The minimum absolute atomic E-state index is 0.247. The highest BCUT2D eigenvalue weighted by molar-refractivity contribution is 5.80. The lowest BCUT2D eigenvalue weighted by molar-refractivity contribution is -0.150. The molecule has 150 valence electrons. The number of benzene rings is 2. The molecule has 2 atom stereocenters. The average molecular weight is 389 g/mol. The molecule has 1 amide bonds. The van der Waals surface area contributed by atoms with Crippen LogP contribution in [0.15, 0.2) is 48.5 Å². The van der Waals surface area contributed by atoms with E-state index < -0.39 is 18.2 Å². The van der Waals surface area contributed by atoms with E-state index in [1.54, 1.807) is 50.2 Å². The molecule has 0 unspecified atom stereocenters. The number of nitrogens with one attached hydrogen (secondary N) is 1. The Kier molecular flexibility index (Phi) is 7.95. The summed E-state index contributed by atoms with van der Waals surface area (Å²) in [5, 5.41) is 11.9. The van der Waals surface area contributed by atoms with Crippen molar-refractivity contribution >= 4 is 11.9 Å². The maximum absolute atomic E-state index is 12.9. The molecular formula is C21H24FNO5. The van der Waals surface area contributed by atoms with Crippen LogP contribution >= 0.6 is 0 Å². The molecule has 0 spiro atoms. The Hall–Kier alpha value is -2.93. The normalized spacial score (nSPS) is 12.8. The van der Waals surface area contributed by atoms with Gasteiger partial charge in [0.05, 0.1) is 0 Å². The quantitative estimate of drug-likeness (QED) is 0.653. The second-order valence-corrected chi connectivity index (χ2v) is 6.23. The monoisotopic (exact) mass is 389 g/mol. The smallest absolute Gasteiger partial charge is 0.333 e. The predicted octanol–water partition coefficient (Wildman–Crippen LogP) is 2.94. The summed E-state index contributed by atoms with van der Waals surface area (Å²) < 4.78 is 23.7. The Balaban J connectivity index is 1.85. The lowest BCUT2D eigenvalue weighted by Crippen LogP contribution is -2.35. The van der Waals surface area contributed by atoms with Gasteiger partial charge in [-0.1, -0.05) is 24.3 Å². The molecule has 2 N–H and O–H groups in total. The summed E-state index contributed by atoms with van der Waals surface area (Å²) in [6, 6.07) is 12.7. The van der Waals surface area contributed by atoms with Gasteiger partial charge < -0.3 is 19.9 Å². The van der Waals surface area contributed by atoms with Crippen molar-refractivity contribution in [1.82, 2.24) is 5.32 Å². The first-order chi connectivity index (χ1) is 13.4. The van der Waals surface area contributed by atoms with Crippen LogP contribution in [-0.2, 0) is 27.3 Å². The molecule has 0 bridgehead atoms. The second-order valence-electron chi connectivity index (χ2n) is 6.23. The fourth-order valence-electron chi connectivity index (χ4n) is 2.53. The maximum atomic E-state index is 12.9. The van der Waals surface area contributed by atoms with Crippen molar-refractivity contribution in [2.24, 2.45) is 0 Å². The molecule has 28 heavy (non-hydrogen) atoms. The zero-order valence-electron chi connectivity index (χ0n) is 15.9. The third kappa shape index (κ3) is 6.66. The molecule has 2 rings (SSSR count). The Morgan fingerprint density at radius 3 is 2.25 bits per heavy atom. The molecule has 0 aliphatic heterocycles. The number of ether oxygens (including phenoxy) is 2. The van der Waals surface area contributed by atoms with Crippen LogP contribution in [0.1, 0.15) is 25.0 Å². The van der Waals surface area contributed by atoms with Crippen molar-refractivity contribution in [3.05, 3.63) is 65.5 Å². The number of rotatable bonds is 10. The van der Waals surface area contributed by atoms with E-state index in [9.17, 15) is 14.0 Å². The number of hydrogen-bond acceptors (Lipinski definition) is 4. The number of amides is 1. The predicted molar refractivity (Wildman–Crippen MR) is 102 cm³/mol. The number of carbonyl (C=O) groups is 2. The van der Waals surface area contributed by atoms with Crippen molar-refractivity contribution in [3.8, 4) is 5.75 Å². The van der Waals surface area contributed by atoms with Crippen molar-refractivity contribution in [1.29, 1.82) is 0 Å². The van der Waals surface area contributed by atoms with Gasteiger partial charge in [-0.15, -0.1) is 0 Å². The number of carbonyl (C=O) groups excluding carboxylic acids is 1. The minimum Gasteiger partial charge on any atom is -0.481 e. The molecule has 7 heteroatoms. The molecule has 0 heterocycles. The van der Waals surface area contributed by atoms with Crippen molar-refractivity contribution in [2.75, 3.05) is 6.61 Å². The summed E-state index contributed by atoms with van der Waals surface area (Å²) in [5.74, 6) is -1.13. The third-order valence-electron chi connectivity index (χ3n) is 4.05. The van der Waals surface area contributed by atoms with Crippen LogP contribution in [0.2, 0.25) is 0 Å². The summed E-state index contributed by atoms with van der Waals surface area (Å²) in [4.78, 5) is 23.3. The van der Waals surface area contributed by atoms with Gasteiger partial charge in [0.25, 0.3) is 5.91 Å². The van der Waals surface area contributed by atoms with Crippen LogP contribution in [0, 0.1) is 5.82 Å². The van der Waals surface area contributed by atoms with Crippen LogP contribution in [0.5, 0.6) is 5.75 Å². The molecule has 0 fully saturated rings. The first kappa shape index (κ1) is 21.4. The van der Waals surface area contributed by atoms with Gasteiger partial charge in [-0.2, -0.15) is 0 Å². The largest absolute Gasteiger partial charge is 0.481 e. The van der Waals surface area contributed by atoms with Crippen LogP contribution < -0.4 is 10.1 Å². The molecule has 6 nitrogen and oxygen atoms in total. The van der Waals surface area contributed by atoms with Gasteiger partial charge in [0.15, 0.2) is 12.2 Å². The third-order valence-corrected chi connectivity index (χ3v) is 4.05. The molecule has 0 aliphatic rings. The molecule has 0 radical (unpaired) electrons. The number of hydrogen-bond donors (Lipinski definition) is 2. The molecule has 0 aliphatic carbocycles. The number of carboxylic acid groups (broad SMARTS) is 1. The lowest BCUT2D eigenvalue weighted by Gasteiger charge is -2.16. The van der Waals surface area contributed by atoms with E-state index >= 15 is 0 Å². The Morgan fingerprint density at radius 1 is 1.07 bits per heavy atom. The summed E-state index contributed by atoms with van der Waals surface area (Å²) >= 11 is 0. The first-order valence-electron chi connectivity index (χ1n) is 9.01. The van der Waals surface area contributed by atoms with E-state index in [1.807, 2.05) is 0 Å². The molecule has 0 saturated carbocycles. The van der Waals surface area contributed by atoms with E-state index in [0.717, 1.165) is 11.1 Å². The Morgan fingerprint density at radius 2 is 1.68 bits per heavy atom. The second kappa shape index (κ2) is 10.4. The average Bonchev–Trinajstić information content (AvgIpc) is 2.68. The zero-order chi connectivity index (χ0) is 20.5. The molecule has 2 aromatic carbocycles. The SMILES string of the molecule is CCO[C@@H](Cc1ccc(O[C@H](C)C(=O)NCc2ccc(F)cc2)cc1)C(=O)O. The van der Waals surface area contributed by atoms with Gasteiger partial charge in [-0.3, -0.25) is 4.79 Å². The maximum Gasteiger partial charge on any atom is 0.333 e. The van der Waals surface area contributed by atoms with Gasteiger partial charge in [0, 0.05) is 19.6 Å². The van der Waals surface area contributed by atoms with Crippen molar-refractivity contribution in [3.63, 3.8) is 0 Å². The zero-order valence-corrected chi connectivity index (χ0v) is 15.9. The molecule has 0 aromatic heterocycles. The van der Waals surface area contributed by atoms with Gasteiger partial charge in [-0.25, -0.2) is 9.18 Å². The van der Waals surface area contributed by atoms with Crippen LogP contribution in [-0.4, -0.2) is 35.8 Å². The van der Waals surface area contributed by atoms with E-state index in [0.29, 0.717) is 12.4 Å². The van der Waals surface area contributed by atoms with Gasteiger partial charge in [0.1, 0.15) is 11.6 Å². The van der Waals surface area contributed by atoms with Gasteiger partial charge in [0.2, 0.25) is 0 Å². The molecule has 2 aromatic rings. The molecule has 0 saturated heterocycles. The van der Waals surface area contributed by atoms with Crippen molar-refractivity contribution < 1.29 is 28.6 Å². The van der Waals surface area contributed by atoms with E-state index in [2.05, 4.69) is 5.32 Å². The fraction of sp³-hybridized carbons (Fsp3) is 0.333. The van der Waals surface area contributed by atoms with E-state index in [4.69, 9.17) is 14.6 Å². The van der Waals surface area contributed by atoms with Crippen LogP contribution in [0.4, 0.5) is 4.39 Å².